The van der Waals surface area contributed by atoms with E-state index in [0.717, 1.165) is 5.56 Å². The van der Waals surface area contributed by atoms with Gasteiger partial charge in [0.2, 0.25) is 10.0 Å². The van der Waals surface area contributed by atoms with Gasteiger partial charge >= 0.3 is 5.97 Å². The van der Waals surface area contributed by atoms with Crippen molar-refractivity contribution in [3.63, 3.8) is 0 Å². The van der Waals surface area contributed by atoms with E-state index in [1.807, 2.05) is 37.3 Å². The molecule has 2 aromatic rings. The number of carbonyl (C=O) groups is 1. The first kappa shape index (κ1) is 19.6. The Morgan fingerprint density at radius 3 is 2.48 bits per heavy atom. The van der Waals surface area contributed by atoms with Gasteiger partial charge in [-0.15, -0.1) is 0 Å². The molecule has 1 atom stereocenters. The monoisotopic (exact) mass is 425 g/mol. The van der Waals surface area contributed by atoms with E-state index in [2.05, 4.69) is 20.7 Å². The van der Waals surface area contributed by atoms with Crippen molar-refractivity contribution in [2.75, 3.05) is 13.2 Å². The molecular formula is C18H20BrNO4S. The van der Waals surface area contributed by atoms with Crippen LogP contribution in [0, 0.1) is 0 Å². The lowest BCUT2D eigenvalue weighted by molar-refractivity contribution is 0.0526. The number of esters is 1. The summed E-state index contributed by atoms with van der Waals surface area (Å²) in [5.41, 5.74) is 1.35. The molecule has 0 heterocycles. The molecule has 7 heteroatoms. The van der Waals surface area contributed by atoms with Gasteiger partial charge in [-0.1, -0.05) is 37.3 Å². The second-order valence-electron chi connectivity index (χ2n) is 5.53. The molecule has 0 aliphatic carbocycles. The normalized spacial score (nSPS) is 12.6. The summed E-state index contributed by atoms with van der Waals surface area (Å²) < 4.78 is 32.9. The van der Waals surface area contributed by atoms with Gasteiger partial charge in [-0.2, -0.15) is 0 Å². The van der Waals surface area contributed by atoms with E-state index in [9.17, 15) is 13.2 Å². The molecular weight excluding hydrogens is 406 g/mol. The molecule has 0 radical (unpaired) electrons. The molecule has 0 aliphatic heterocycles. The van der Waals surface area contributed by atoms with Gasteiger partial charge in [0.15, 0.2) is 0 Å². The second kappa shape index (κ2) is 8.60. The summed E-state index contributed by atoms with van der Waals surface area (Å²) in [6.45, 7) is 4.20. The van der Waals surface area contributed by atoms with Crippen molar-refractivity contribution >= 4 is 31.9 Å². The van der Waals surface area contributed by atoms with Crippen LogP contribution >= 0.6 is 15.9 Å². The number of hydrogen-bond acceptors (Lipinski definition) is 4. The average Bonchev–Trinajstić information content (AvgIpc) is 2.60. The molecule has 0 saturated heterocycles. The Kier molecular flexibility index (Phi) is 6.75. The van der Waals surface area contributed by atoms with Crippen LogP contribution in [0.1, 0.15) is 35.7 Å². The lowest BCUT2D eigenvalue weighted by Crippen LogP contribution is -2.28. The molecule has 0 spiro atoms. The van der Waals surface area contributed by atoms with E-state index in [1.54, 1.807) is 6.92 Å². The highest BCUT2D eigenvalue weighted by molar-refractivity contribution is 9.10. The molecule has 2 rings (SSSR count). The molecule has 134 valence electrons. The zero-order chi connectivity index (χ0) is 18.4. The summed E-state index contributed by atoms with van der Waals surface area (Å²) in [6, 6.07) is 14.0. The Morgan fingerprint density at radius 1 is 1.20 bits per heavy atom. The molecule has 0 bridgehead atoms. The third kappa shape index (κ3) is 5.14. The average molecular weight is 426 g/mol. The van der Waals surface area contributed by atoms with E-state index in [4.69, 9.17) is 4.74 Å². The first-order chi connectivity index (χ1) is 11.8. The highest BCUT2D eigenvalue weighted by Crippen LogP contribution is 2.24. The Labute approximate surface area is 156 Å². The quantitative estimate of drug-likeness (QED) is 0.686. The summed E-state index contributed by atoms with van der Waals surface area (Å²) in [6.07, 6.45) is 0. The van der Waals surface area contributed by atoms with Crippen LogP contribution < -0.4 is 4.72 Å². The molecule has 0 amide bonds. The third-order valence-corrected chi connectivity index (χ3v) is 6.08. The maximum atomic E-state index is 12.5. The number of rotatable bonds is 7. The van der Waals surface area contributed by atoms with Gasteiger partial charge in [-0.25, -0.2) is 17.9 Å². The number of hydrogen-bond donors (Lipinski definition) is 1. The summed E-state index contributed by atoms with van der Waals surface area (Å²) in [4.78, 5) is 11.8. The van der Waals surface area contributed by atoms with Gasteiger partial charge in [0, 0.05) is 11.0 Å². The number of ether oxygens (including phenoxy) is 1. The van der Waals surface area contributed by atoms with Crippen molar-refractivity contribution in [1.82, 2.24) is 4.72 Å². The first-order valence-corrected chi connectivity index (χ1v) is 10.1. The smallest absolute Gasteiger partial charge is 0.338 e. The van der Waals surface area contributed by atoms with Crippen LogP contribution in [0.3, 0.4) is 0 Å². The van der Waals surface area contributed by atoms with Crippen molar-refractivity contribution < 1.29 is 17.9 Å². The lowest BCUT2D eigenvalue weighted by atomic mass is 10.0. The van der Waals surface area contributed by atoms with E-state index in [0.29, 0.717) is 10.0 Å². The van der Waals surface area contributed by atoms with Gasteiger partial charge < -0.3 is 4.74 Å². The lowest BCUT2D eigenvalue weighted by Gasteiger charge is -2.14. The summed E-state index contributed by atoms with van der Waals surface area (Å²) in [7, 11) is -3.70. The standard InChI is InChI=1S/C18H20BrNO4S/c1-3-24-18(21)15-9-10-17(16(19)11-15)25(22,23)20-12-13(2)14-7-5-4-6-8-14/h4-11,13,20H,3,12H2,1-2H3. The Balaban J connectivity index is 2.12. The Morgan fingerprint density at radius 2 is 1.88 bits per heavy atom. The van der Waals surface area contributed by atoms with Crippen molar-refractivity contribution in [1.29, 1.82) is 0 Å². The molecule has 1 N–H and O–H groups in total. The number of carbonyl (C=O) groups excluding carboxylic acids is 1. The minimum Gasteiger partial charge on any atom is -0.462 e. The molecule has 2 aromatic carbocycles. The van der Waals surface area contributed by atoms with E-state index in [-0.39, 0.29) is 24.0 Å². The van der Waals surface area contributed by atoms with Crippen LogP contribution in [0.5, 0.6) is 0 Å². The van der Waals surface area contributed by atoms with E-state index >= 15 is 0 Å². The predicted octanol–water partition coefficient (Wildman–Crippen LogP) is 3.71. The minimum absolute atomic E-state index is 0.0357. The zero-order valence-corrected chi connectivity index (χ0v) is 16.4. The van der Waals surface area contributed by atoms with Gasteiger partial charge in [0.1, 0.15) is 0 Å². The van der Waals surface area contributed by atoms with Gasteiger partial charge in [-0.3, -0.25) is 0 Å². The van der Waals surface area contributed by atoms with Crippen LogP contribution in [0.25, 0.3) is 0 Å². The van der Waals surface area contributed by atoms with Gasteiger partial charge in [0.05, 0.1) is 17.1 Å². The fourth-order valence-electron chi connectivity index (χ4n) is 2.27. The molecule has 0 aromatic heterocycles. The van der Waals surface area contributed by atoms with Crippen LogP contribution in [-0.2, 0) is 14.8 Å². The van der Waals surface area contributed by atoms with Crippen molar-refractivity contribution in [2.24, 2.45) is 0 Å². The summed E-state index contributed by atoms with van der Waals surface area (Å²) >= 11 is 3.23. The van der Waals surface area contributed by atoms with Gasteiger partial charge in [-0.05, 0) is 52.5 Å². The zero-order valence-electron chi connectivity index (χ0n) is 14.0. The van der Waals surface area contributed by atoms with Crippen LogP contribution in [0.4, 0.5) is 0 Å². The fourth-order valence-corrected chi connectivity index (χ4v) is 4.48. The van der Waals surface area contributed by atoms with Crippen molar-refractivity contribution in [3.8, 4) is 0 Å². The van der Waals surface area contributed by atoms with Crippen LogP contribution in [0.2, 0.25) is 0 Å². The number of benzene rings is 2. The second-order valence-corrected chi connectivity index (χ2v) is 8.12. The Bertz CT molecular complexity index is 837. The highest BCUT2D eigenvalue weighted by Gasteiger charge is 2.20. The van der Waals surface area contributed by atoms with Crippen molar-refractivity contribution in [2.45, 2.75) is 24.7 Å². The predicted molar refractivity (Wildman–Crippen MR) is 100 cm³/mol. The molecule has 0 saturated carbocycles. The van der Waals surface area contributed by atoms with Crippen molar-refractivity contribution in [3.05, 3.63) is 64.1 Å². The fraction of sp³-hybridized carbons (Fsp3) is 0.278. The van der Waals surface area contributed by atoms with Crippen LogP contribution in [-0.4, -0.2) is 27.5 Å². The number of sulfonamides is 1. The number of nitrogens with one attached hydrogen (secondary N) is 1. The summed E-state index contributed by atoms with van der Waals surface area (Å²) in [5.74, 6) is -0.452. The maximum absolute atomic E-state index is 12.5. The third-order valence-electron chi connectivity index (χ3n) is 3.68. The highest BCUT2D eigenvalue weighted by atomic mass is 79.9. The number of halogens is 1. The van der Waals surface area contributed by atoms with E-state index < -0.39 is 16.0 Å². The Hall–Kier alpha value is -1.70. The molecule has 0 aliphatic rings. The molecule has 5 nitrogen and oxygen atoms in total. The topological polar surface area (TPSA) is 72.5 Å². The minimum atomic E-state index is -3.70. The maximum Gasteiger partial charge on any atom is 0.338 e. The SMILES string of the molecule is CCOC(=O)c1ccc(S(=O)(=O)NCC(C)c2ccccc2)c(Br)c1. The van der Waals surface area contributed by atoms with Crippen LogP contribution in [0.15, 0.2) is 57.9 Å². The largest absolute Gasteiger partial charge is 0.462 e. The molecule has 25 heavy (non-hydrogen) atoms. The summed E-state index contributed by atoms with van der Waals surface area (Å²) in [5, 5.41) is 0. The molecule has 1 unspecified atom stereocenters. The van der Waals surface area contributed by atoms with Gasteiger partial charge in [0.25, 0.3) is 0 Å². The van der Waals surface area contributed by atoms with E-state index in [1.165, 1.54) is 18.2 Å². The first-order valence-electron chi connectivity index (χ1n) is 7.86. The molecule has 0 fully saturated rings.